The third-order valence-corrected chi connectivity index (χ3v) is 5.41. The number of thiophene rings is 1. The highest BCUT2D eigenvalue weighted by molar-refractivity contribution is 7.08. The lowest BCUT2D eigenvalue weighted by Gasteiger charge is -2.24. The van der Waals surface area contributed by atoms with Gasteiger partial charge in [0.15, 0.2) is 0 Å². The Morgan fingerprint density at radius 1 is 1.42 bits per heavy atom. The normalized spacial score (nSPS) is 17.5. The first-order valence-electron chi connectivity index (χ1n) is 8.12. The molecule has 4 nitrogen and oxygen atoms in total. The van der Waals surface area contributed by atoms with E-state index in [1.807, 2.05) is 23.1 Å². The van der Waals surface area contributed by atoms with E-state index < -0.39 is 0 Å². The van der Waals surface area contributed by atoms with Gasteiger partial charge in [-0.15, -0.1) is 0 Å². The van der Waals surface area contributed by atoms with E-state index in [-0.39, 0.29) is 11.9 Å². The van der Waals surface area contributed by atoms with Crippen molar-refractivity contribution in [2.75, 3.05) is 13.7 Å². The van der Waals surface area contributed by atoms with E-state index in [2.05, 4.69) is 16.8 Å². The van der Waals surface area contributed by atoms with Crippen molar-refractivity contribution >= 4 is 28.2 Å². The molecular formula is C19H19NO3S. The SMILES string of the molecule is COc1ccc2c(CC(=O)N3CCCC3c3ccsc3)coc2c1. The van der Waals surface area contributed by atoms with Crippen LogP contribution < -0.4 is 4.74 Å². The van der Waals surface area contributed by atoms with Gasteiger partial charge in [-0.25, -0.2) is 0 Å². The Hall–Kier alpha value is -2.27. The van der Waals surface area contributed by atoms with Crippen LogP contribution in [-0.4, -0.2) is 24.5 Å². The lowest BCUT2D eigenvalue weighted by Crippen LogP contribution is -2.31. The molecule has 1 aliphatic heterocycles. The predicted octanol–water partition coefficient (Wildman–Crippen LogP) is 4.41. The number of methoxy groups -OCH3 is 1. The van der Waals surface area contributed by atoms with Crippen LogP contribution in [0.5, 0.6) is 5.75 Å². The number of nitrogens with zero attached hydrogens (tertiary/aromatic N) is 1. The van der Waals surface area contributed by atoms with Crippen LogP contribution in [0, 0.1) is 0 Å². The quantitative estimate of drug-likeness (QED) is 0.706. The standard InChI is InChI=1S/C19H19NO3S/c1-22-15-4-5-16-14(11-23-18(16)10-15)9-19(21)20-7-2-3-17(20)13-6-8-24-12-13/h4-6,8,10-12,17H,2-3,7,9H2,1H3. The molecule has 0 spiro atoms. The zero-order valence-electron chi connectivity index (χ0n) is 13.5. The van der Waals surface area contributed by atoms with Gasteiger partial charge in [0.25, 0.3) is 0 Å². The molecular weight excluding hydrogens is 322 g/mol. The van der Waals surface area contributed by atoms with Gasteiger partial charge < -0.3 is 14.1 Å². The van der Waals surface area contributed by atoms with Gasteiger partial charge in [0, 0.05) is 23.6 Å². The summed E-state index contributed by atoms with van der Waals surface area (Å²) in [6.45, 7) is 0.836. The predicted molar refractivity (Wildman–Crippen MR) is 94.5 cm³/mol. The first kappa shape index (κ1) is 15.3. The largest absolute Gasteiger partial charge is 0.497 e. The van der Waals surface area contributed by atoms with Crippen LogP contribution in [0.25, 0.3) is 11.0 Å². The third kappa shape index (κ3) is 2.69. The summed E-state index contributed by atoms with van der Waals surface area (Å²) in [4.78, 5) is 14.9. The molecule has 24 heavy (non-hydrogen) atoms. The molecule has 0 aliphatic carbocycles. The van der Waals surface area contributed by atoms with Gasteiger partial charge in [0.05, 0.1) is 25.8 Å². The van der Waals surface area contributed by atoms with Gasteiger partial charge in [-0.3, -0.25) is 4.79 Å². The summed E-state index contributed by atoms with van der Waals surface area (Å²) >= 11 is 1.69. The van der Waals surface area contributed by atoms with Crippen LogP contribution >= 0.6 is 11.3 Å². The number of ether oxygens (including phenoxy) is 1. The van der Waals surface area contributed by atoms with Crippen molar-refractivity contribution in [1.82, 2.24) is 4.90 Å². The summed E-state index contributed by atoms with van der Waals surface area (Å²) in [5, 5.41) is 5.21. The molecule has 1 amide bonds. The van der Waals surface area contributed by atoms with Gasteiger partial charge in [0.2, 0.25) is 5.91 Å². The van der Waals surface area contributed by atoms with Crippen LogP contribution in [0.4, 0.5) is 0 Å². The molecule has 5 heteroatoms. The summed E-state index contributed by atoms with van der Waals surface area (Å²) in [7, 11) is 1.63. The number of fused-ring (bicyclic) bond motifs is 1. The van der Waals surface area contributed by atoms with E-state index in [1.54, 1.807) is 24.7 Å². The van der Waals surface area contributed by atoms with Crippen LogP contribution in [0.3, 0.4) is 0 Å². The number of carbonyl (C=O) groups is 1. The van der Waals surface area contributed by atoms with Crippen LogP contribution in [0.15, 0.2) is 45.7 Å². The van der Waals surface area contributed by atoms with E-state index in [9.17, 15) is 4.79 Å². The Morgan fingerprint density at radius 2 is 2.33 bits per heavy atom. The molecule has 0 radical (unpaired) electrons. The molecule has 1 saturated heterocycles. The highest BCUT2D eigenvalue weighted by atomic mass is 32.1. The monoisotopic (exact) mass is 341 g/mol. The van der Waals surface area contributed by atoms with Gasteiger partial charge in [-0.05, 0) is 47.4 Å². The van der Waals surface area contributed by atoms with Crippen LogP contribution in [0.2, 0.25) is 0 Å². The molecule has 1 atom stereocenters. The maximum absolute atomic E-state index is 12.8. The first-order valence-corrected chi connectivity index (χ1v) is 9.06. The molecule has 3 aromatic rings. The number of hydrogen-bond donors (Lipinski definition) is 0. The van der Waals surface area contributed by atoms with Crippen molar-refractivity contribution in [2.24, 2.45) is 0 Å². The number of benzene rings is 1. The number of carbonyl (C=O) groups excluding carboxylic acids is 1. The summed E-state index contributed by atoms with van der Waals surface area (Å²) in [5.74, 6) is 0.925. The molecule has 0 bridgehead atoms. The summed E-state index contributed by atoms with van der Waals surface area (Å²) in [6.07, 6.45) is 4.18. The molecule has 0 N–H and O–H groups in total. The number of amides is 1. The second-order valence-corrected chi connectivity index (χ2v) is 6.88. The fourth-order valence-corrected chi connectivity index (χ4v) is 4.18. The molecule has 1 aliphatic rings. The second-order valence-electron chi connectivity index (χ2n) is 6.10. The van der Waals surface area contributed by atoms with Crippen molar-refractivity contribution in [2.45, 2.75) is 25.3 Å². The van der Waals surface area contributed by atoms with E-state index in [0.29, 0.717) is 6.42 Å². The molecule has 1 fully saturated rings. The summed E-state index contributed by atoms with van der Waals surface area (Å²) in [5.41, 5.74) is 2.95. The average molecular weight is 341 g/mol. The van der Waals surface area contributed by atoms with Crippen molar-refractivity contribution < 1.29 is 13.9 Å². The molecule has 1 unspecified atom stereocenters. The Morgan fingerprint density at radius 3 is 3.12 bits per heavy atom. The first-order chi connectivity index (χ1) is 11.8. The Labute approximate surface area is 144 Å². The Bertz CT molecular complexity index is 853. The van der Waals surface area contributed by atoms with Gasteiger partial charge in [-0.1, -0.05) is 0 Å². The van der Waals surface area contributed by atoms with Crippen LogP contribution in [-0.2, 0) is 11.2 Å². The minimum Gasteiger partial charge on any atom is -0.497 e. The molecule has 4 rings (SSSR count). The Balaban J connectivity index is 1.55. The number of furan rings is 1. The van der Waals surface area contributed by atoms with Gasteiger partial charge in [0.1, 0.15) is 11.3 Å². The molecule has 0 saturated carbocycles. The fourth-order valence-electron chi connectivity index (χ4n) is 3.47. The lowest BCUT2D eigenvalue weighted by atomic mass is 10.1. The van der Waals surface area contributed by atoms with E-state index in [1.165, 1.54) is 5.56 Å². The van der Waals surface area contributed by atoms with E-state index in [0.717, 1.165) is 41.7 Å². The maximum atomic E-state index is 12.8. The smallest absolute Gasteiger partial charge is 0.227 e. The summed E-state index contributed by atoms with van der Waals surface area (Å²) in [6, 6.07) is 8.06. The van der Waals surface area contributed by atoms with Crippen molar-refractivity contribution in [3.8, 4) is 5.75 Å². The maximum Gasteiger partial charge on any atom is 0.227 e. The van der Waals surface area contributed by atoms with E-state index in [4.69, 9.17) is 9.15 Å². The number of likely N-dealkylation sites (tertiary alicyclic amines) is 1. The Kier molecular flexibility index (Phi) is 4.02. The average Bonchev–Trinajstić information content (AvgIpc) is 3.34. The van der Waals surface area contributed by atoms with Crippen LogP contribution in [0.1, 0.15) is 30.0 Å². The topological polar surface area (TPSA) is 42.7 Å². The van der Waals surface area contributed by atoms with E-state index >= 15 is 0 Å². The minimum absolute atomic E-state index is 0.169. The molecule has 1 aromatic carbocycles. The highest BCUT2D eigenvalue weighted by Gasteiger charge is 2.30. The summed E-state index contributed by atoms with van der Waals surface area (Å²) < 4.78 is 10.8. The van der Waals surface area contributed by atoms with Crippen molar-refractivity contribution in [1.29, 1.82) is 0 Å². The third-order valence-electron chi connectivity index (χ3n) is 4.71. The zero-order chi connectivity index (χ0) is 16.5. The second kappa shape index (κ2) is 6.32. The molecule has 2 aromatic heterocycles. The highest BCUT2D eigenvalue weighted by Crippen LogP contribution is 2.34. The van der Waals surface area contributed by atoms with Gasteiger partial charge >= 0.3 is 0 Å². The molecule has 3 heterocycles. The molecule has 124 valence electrons. The zero-order valence-corrected chi connectivity index (χ0v) is 14.3. The van der Waals surface area contributed by atoms with Gasteiger partial charge in [-0.2, -0.15) is 11.3 Å². The lowest BCUT2D eigenvalue weighted by molar-refractivity contribution is -0.131. The number of hydrogen-bond acceptors (Lipinski definition) is 4. The number of rotatable bonds is 4. The fraction of sp³-hybridized carbons (Fsp3) is 0.316. The van der Waals surface area contributed by atoms with Crippen molar-refractivity contribution in [3.05, 3.63) is 52.4 Å². The van der Waals surface area contributed by atoms with Crippen molar-refractivity contribution in [3.63, 3.8) is 0 Å². The minimum atomic E-state index is 0.169.